The Labute approximate surface area is 182 Å². The van der Waals surface area contributed by atoms with Crippen molar-refractivity contribution < 1.29 is 0 Å². The zero-order valence-corrected chi connectivity index (χ0v) is 18.6. The molecule has 0 aliphatic heterocycles. The van der Waals surface area contributed by atoms with Crippen molar-refractivity contribution in [3.05, 3.63) is 65.7 Å². The number of aryl methyl sites for hydroxylation is 1. The maximum atomic E-state index is 4.85. The molecule has 4 aromatic rings. The fourth-order valence-electron chi connectivity index (χ4n) is 3.67. The van der Waals surface area contributed by atoms with Gasteiger partial charge in [0.1, 0.15) is 5.82 Å². The van der Waals surface area contributed by atoms with Gasteiger partial charge in [0, 0.05) is 17.4 Å². The average molecular weight is 416 g/mol. The van der Waals surface area contributed by atoms with Crippen LogP contribution in [0.4, 0.5) is 0 Å². The molecule has 7 heteroatoms. The standard InChI is InChI=1S/C24H29N7/c1-5-6-11-21-25-23(24(2,3)4)31(28-21)16-17-12-14-18(15-13-17)19-9-7-8-10-20(19)22-26-29-30-27-22/h7-10,12-15H,5-6,11,16H2,1-4H3,(H,26,27,29,30). The van der Waals surface area contributed by atoms with Crippen molar-refractivity contribution in [3.8, 4) is 22.5 Å². The van der Waals surface area contributed by atoms with Crippen LogP contribution >= 0.6 is 0 Å². The highest BCUT2D eigenvalue weighted by Gasteiger charge is 2.23. The number of aromatic amines is 1. The van der Waals surface area contributed by atoms with Gasteiger partial charge in [-0.1, -0.05) is 82.6 Å². The summed E-state index contributed by atoms with van der Waals surface area (Å²) in [6.45, 7) is 9.47. The van der Waals surface area contributed by atoms with Crippen molar-refractivity contribution in [1.29, 1.82) is 0 Å². The van der Waals surface area contributed by atoms with Gasteiger partial charge in [-0.2, -0.15) is 5.10 Å². The number of nitrogens with one attached hydrogen (secondary N) is 1. The third kappa shape index (κ3) is 4.71. The van der Waals surface area contributed by atoms with Crippen LogP contribution in [-0.2, 0) is 18.4 Å². The van der Waals surface area contributed by atoms with E-state index in [9.17, 15) is 0 Å². The summed E-state index contributed by atoms with van der Waals surface area (Å²) in [6.07, 6.45) is 3.19. The van der Waals surface area contributed by atoms with Gasteiger partial charge in [-0.15, -0.1) is 5.10 Å². The molecule has 0 bridgehead atoms. The summed E-state index contributed by atoms with van der Waals surface area (Å²) in [6, 6.07) is 16.7. The Kier molecular flexibility index (Phi) is 5.93. The first-order valence-corrected chi connectivity index (χ1v) is 10.8. The van der Waals surface area contributed by atoms with Crippen molar-refractivity contribution in [1.82, 2.24) is 35.4 Å². The van der Waals surface area contributed by atoms with Crippen molar-refractivity contribution >= 4 is 0 Å². The number of aromatic nitrogens is 7. The van der Waals surface area contributed by atoms with E-state index in [0.717, 1.165) is 47.6 Å². The number of tetrazole rings is 1. The molecule has 0 unspecified atom stereocenters. The summed E-state index contributed by atoms with van der Waals surface area (Å²) in [7, 11) is 0. The third-order valence-electron chi connectivity index (χ3n) is 5.27. The van der Waals surface area contributed by atoms with Gasteiger partial charge in [-0.25, -0.2) is 14.8 Å². The molecule has 2 aromatic carbocycles. The number of nitrogens with zero attached hydrogens (tertiary/aromatic N) is 6. The summed E-state index contributed by atoms with van der Waals surface area (Å²) in [5.41, 5.74) is 4.33. The first-order chi connectivity index (χ1) is 15.0. The molecular weight excluding hydrogens is 386 g/mol. The lowest BCUT2D eigenvalue weighted by molar-refractivity contribution is 0.490. The van der Waals surface area contributed by atoms with Gasteiger partial charge in [-0.05, 0) is 33.5 Å². The summed E-state index contributed by atoms with van der Waals surface area (Å²) >= 11 is 0. The lowest BCUT2D eigenvalue weighted by Gasteiger charge is -2.18. The topological polar surface area (TPSA) is 85.2 Å². The van der Waals surface area contributed by atoms with E-state index in [1.807, 2.05) is 18.2 Å². The van der Waals surface area contributed by atoms with Crippen molar-refractivity contribution in [2.45, 2.75) is 58.9 Å². The Morgan fingerprint density at radius 1 is 0.968 bits per heavy atom. The number of H-pyrrole nitrogens is 1. The lowest BCUT2D eigenvalue weighted by atomic mass is 9.95. The van der Waals surface area contributed by atoms with E-state index < -0.39 is 0 Å². The van der Waals surface area contributed by atoms with Crippen LogP contribution in [0.1, 0.15) is 57.7 Å². The van der Waals surface area contributed by atoms with Crippen molar-refractivity contribution in [2.75, 3.05) is 0 Å². The summed E-state index contributed by atoms with van der Waals surface area (Å²) < 4.78 is 2.06. The highest BCUT2D eigenvalue weighted by Crippen LogP contribution is 2.30. The van der Waals surface area contributed by atoms with E-state index >= 15 is 0 Å². The van der Waals surface area contributed by atoms with Crippen LogP contribution in [0.15, 0.2) is 48.5 Å². The maximum Gasteiger partial charge on any atom is 0.180 e. The van der Waals surface area contributed by atoms with Gasteiger partial charge in [0.2, 0.25) is 0 Å². The predicted octanol–water partition coefficient (Wildman–Crippen LogP) is 4.81. The zero-order chi connectivity index (χ0) is 21.8. The van der Waals surface area contributed by atoms with Crippen molar-refractivity contribution in [2.24, 2.45) is 0 Å². The minimum atomic E-state index is -0.0541. The molecule has 0 radical (unpaired) electrons. The SMILES string of the molecule is CCCCc1nc(C(C)(C)C)n(Cc2ccc(-c3ccccc3-c3nnn[nH]3)cc2)n1. The Balaban J connectivity index is 1.60. The number of benzene rings is 2. The number of hydrogen-bond donors (Lipinski definition) is 1. The Morgan fingerprint density at radius 3 is 2.35 bits per heavy atom. The summed E-state index contributed by atoms with van der Waals surface area (Å²) in [5, 5.41) is 19.2. The average Bonchev–Trinajstić information content (AvgIpc) is 3.43. The Hall–Kier alpha value is -3.35. The van der Waals surface area contributed by atoms with Gasteiger partial charge in [0.05, 0.1) is 6.54 Å². The van der Waals surface area contributed by atoms with E-state index in [4.69, 9.17) is 10.1 Å². The molecule has 0 spiro atoms. The molecule has 0 saturated carbocycles. The number of hydrogen-bond acceptors (Lipinski definition) is 5. The molecule has 0 saturated heterocycles. The minimum Gasteiger partial charge on any atom is -0.245 e. The zero-order valence-electron chi connectivity index (χ0n) is 18.6. The Morgan fingerprint density at radius 2 is 1.71 bits per heavy atom. The normalized spacial score (nSPS) is 11.7. The van der Waals surface area contributed by atoms with E-state index in [0.29, 0.717) is 12.4 Å². The first kappa shape index (κ1) is 20.9. The number of unbranched alkanes of at least 4 members (excludes halogenated alkanes) is 1. The molecule has 0 aliphatic carbocycles. The largest absolute Gasteiger partial charge is 0.245 e. The van der Waals surface area contributed by atoms with Crippen LogP contribution in [0.3, 0.4) is 0 Å². The molecule has 0 amide bonds. The lowest BCUT2D eigenvalue weighted by Crippen LogP contribution is -2.20. The first-order valence-electron chi connectivity index (χ1n) is 10.8. The van der Waals surface area contributed by atoms with Crippen LogP contribution < -0.4 is 0 Å². The van der Waals surface area contributed by atoms with E-state index in [1.54, 1.807) is 0 Å². The summed E-state index contributed by atoms with van der Waals surface area (Å²) in [4.78, 5) is 4.85. The molecule has 160 valence electrons. The molecule has 31 heavy (non-hydrogen) atoms. The fourth-order valence-corrected chi connectivity index (χ4v) is 3.67. The Bertz CT molecular complexity index is 1120. The molecule has 0 fully saturated rings. The quantitative estimate of drug-likeness (QED) is 0.468. The fraction of sp³-hybridized carbons (Fsp3) is 0.375. The molecule has 2 heterocycles. The smallest absolute Gasteiger partial charge is 0.180 e. The minimum absolute atomic E-state index is 0.0541. The van der Waals surface area contributed by atoms with Gasteiger partial charge in [0.25, 0.3) is 0 Å². The van der Waals surface area contributed by atoms with Crippen LogP contribution in [0.25, 0.3) is 22.5 Å². The molecule has 4 rings (SSSR count). The van der Waals surface area contributed by atoms with Crippen molar-refractivity contribution in [3.63, 3.8) is 0 Å². The van der Waals surface area contributed by atoms with Crippen LogP contribution in [0, 0.1) is 0 Å². The predicted molar refractivity (Wildman–Crippen MR) is 121 cm³/mol. The molecule has 2 aromatic heterocycles. The monoisotopic (exact) mass is 415 g/mol. The van der Waals surface area contributed by atoms with E-state index in [2.05, 4.69) is 83.3 Å². The van der Waals surface area contributed by atoms with Crippen LogP contribution in [0.2, 0.25) is 0 Å². The van der Waals surface area contributed by atoms with Gasteiger partial charge in [0.15, 0.2) is 11.6 Å². The highest BCUT2D eigenvalue weighted by molar-refractivity contribution is 5.80. The van der Waals surface area contributed by atoms with Gasteiger partial charge in [-0.3, -0.25) is 0 Å². The van der Waals surface area contributed by atoms with Crippen LogP contribution in [0.5, 0.6) is 0 Å². The van der Waals surface area contributed by atoms with E-state index in [-0.39, 0.29) is 5.41 Å². The second kappa shape index (κ2) is 8.79. The summed E-state index contributed by atoms with van der Waals surface area (Å²) in [5.74, 6) is 2.64. The second-order valence-corrected chi connectivity index (χ2v) is 8.86. The molecular formula is C24H29N7. The number of rotatable bonds is 7. The molecule has 7 nitrogen and oxygen atoms in total. The van der Waals surface area contributed by atoms with E-state index in [1.165, 1.54) is 5.56 Å². The molecule has 1 N–H and O–H groups in total. The maximum absolute atomic E-state index is 4.85. The second-order valence-electron chi connectivity index (χ2n) is 8.86. The molecule has 0 atom stereocenters. The van der Waals surface area contributed by atoms with Crippen LogP contribution in [-0.4, -0.2) is 35.4 Å². The highest BCUT2D eigenvalue weighted by atomic mass is 15.5. The molecule has 0 aliphatic rings. The third-order valence-corrected chi connectivity index (χ3v) is 5.27. The van der Waals surface area contributed by atoms with Gasteiger partial charge < -0.3 is 0 Å². The van der Waals surface area contributed by atoms with Gasteiger partial charge >= 0.3 is 0 Å².